The second-order valence-corrected chi connectivity index (χ2v) is 8.28. The molecule has 0 aliphatic rings. The average molecular weight is 540 g/mol. The molecule has 2 N–H and O–H groups in total. The van der Waals surface area contributed by atoms with Gasteiger partial charge < -0.3 is 10.4 Å². The van der Waals surface area contributed by atoms with Crippen LogP contribution in [0.2, 0.25) is 0 Å². The Hall–Kier alpha value is -2.91. The predicted molar refractivity (Wildman–Crippen MR) is 116 cm³/mol. The van der Waals surface area contributed by atoms with E-state index in [2.05, 4.69) is 33.0 Å². The molecule has 0 bridgehead atoms. The van der Waals surface area contributed by atoms with Gasteiger partial charge in [0.15, 0.2) is 5.60 Å². The van der Waals surface area contributed by atoms with Gasteiger partial charge in [-0.25, -0.2) is 0 Å². The fraction of sp³-hybridized carbons (Fsp3) is 0.190. The summed E-state index contributed by atoms with van der Waals surface area (Å²) >= 11 is 2.19. The van der Waals surface area contributed by atoms with Crippen molar-refractivity contribution < 1.29 is 23.1 Å². The van der Waals surface area contributed by atoms with Crippen molar-refractivity contribution in [2.45, 2.75) is 25.2 Å². The van der Waals surface area contributed by atoms with E-state index in [1.165, 1.54) is 23.7 Å². The summed E-state index contributed by atoms with van der Waals surface area (Å²) in [5, 5.41) is 25.9. The maximum Gasteiger partial charge on any atom is 0.417 e. The van der Waals surface area contributed by atoms with Crippen molar-refractivity contribution in [3.63, 3.8) is 0 Å². The van der Waals surface area contributed by atoms with E-state index in [-0.39, 0.29) is 12.2 Å². The van der Waals surface area contributed by atoms with Crippen LogP contribution in [0.15, 0.2) is 54.9 Å². The molecule has 10 heteroatoms. The normalized spacial score (nSPS) is 13.3. The lowest BCUT2D eigenvalue weighted by Crippen LogP contribution is -2.43. The van der Waals surface area contributed by atoms with Crippen molar-refractivity contribution in [2.24, 2.45) is 0 Å². The van der Waals surface area contributed by atoms with Crippen LogP contribution >= 0.6 is 22.6 Å². The third-order valence-electron chi connectivity index (χ3n) is 4.47. The fourth-order valence-corrected chi connectivity index (χ4v) is 3.21. The first-order valence-electron chi connectivity index (χ1n) is 8.93. The zero-order chi connectivity index (χ0) is 22.8. The fourth-order valence-electron chi connectivity index (χ4n) is 2.85. The van der Waals surface area contributed by atoms with Gasteiger partial charge in [0.1, 0.15) is 0 Å². The molecule has 1 amide bonds. The molecule has 6 nitrogen and oxygen atoms in total. The zero-order valence-corrected chi connectivity index (χ0v) is 18.3. The lowest BCUT2D eigenvalue weighted by Gasteiger charge is -2.22. The summed E-state index contributed by atoms with van der Waals surface area (Å²) in [6, 6.07) is 12.0. The van der Waals surface area contributed by atoms with Gasteiger partial charge in [0, 0.05) is 21.0 Å². The van der Waals surface area contributed by atoms with Crippen LogP contribution in [-0.2, 0) is 17.5 Å². The van der Waals surface area contributed by atoms with Crippen molar-refractivity contribution in [3.8, 4) is 17.2 Å². The van der Waals surface area contributed by atoms with Gasteiger partial charge in [-0.3, -0.25) is 9.48 Å². The molecule has 1 heterocycles. The summed E-state index contributed by atoms with van der Waals surface area (Å²) in [5.41, 5.74) is -2.17. The van der Waals surface area contributed by atoms with E-state index in [4.69, 9.17) is 5.26 Å². The Bertz CT molecular complexity index is 1150. The van der Waals surface area contributed by atoms with Gasteiger partial charge in [-0.15, -0.1) is 0 Å². The smallest absolute Gasteiger partial charge is 0.378 e. The molecule has 0 aliphatic carbocycles. The molecule has 160 valence electrons. The van der Waals surface area contributed by atoms with Crippen molar-refractivity contribution in [1.29, 1.82) is 5.26 Å². The van der Waals surface area contributed by atoms with E-state index in [1.54, 1.807) is 12.4 Å². The number of nitrogens with one attached hydrogen (secondary N) is 1. The third kappa shape index (κ3) is 5.42. The van der Waals surface area contributed by atoms with Crippen LogP contribution in [0.25, 0.3) is 11.1 Å². The van der Waals surface area contributed by atoms with Crippen LogP contribution < -0.4 is 5.32 Å². The highest BCUT2D eigenvalue weighted by atomic mass is 127. The lowest BCUT2D eigenvalue weighted by atomic mass is 10.0. The van der Waals surface area contributed by atoms with Crippen molar-refractivity contribution >= 4 is 34.2 Å². The number of halogens is 4. The number of carbonyl (C=O) groups is 1. The maximum atomic E-state index is 13.1. The number of rotatable bonds is 5. The SMILES string of the molecule is CC(O)(Cn1cc(-c2ccc(I)cc2)cn1)C(=O)Nc1ccc(C#N)c(C(F)(F)F)c1. The van der Waals surface area contributed by atoms with E-state index < -0.39 is 28.8 Å². The Morgan fingerprint density at radius 2 is 1.90 bits per heavy atom. The van der Waals surface area contributed by atoms with Crippen LogP contribution in [0, 0.1) is 14.9 Å². The molecule has 31 heavy (non-hydrogen) atoms. The number of amides is 1. The number of nitriles is 1. The molecule has 0 saturated carbocycles. The first-order valence-corrected chi connectivity index (χ1v) is 10.0. The predicted octanol–water partition coefficient (Wildman–Crippen LogP) is 4.43. The van der Waals surface area contributed by atoms with E-state index in [0.717, 1.165) is 20.8 Å². The number of anilines is 1. The number of aromatic nitrogens is 2. The van der Waals surface area contributed by atoms with Gasteiger partial charge in [-0.2, -0.15) is 23.5 Å². The lowest BCUT2D eigenvalue weighted by molar-refractivity contribution is -0.138. The van der Waals surface area contributed by atoms with E-state index in [1.807, 2.05) is 24.3 Å². The van der Waals surface area contributed by atoms with Crippen LogP contribution in [0.1, 0.15) is 18.1 Å². The van der Waals surface area contributed by atoms with E-state index in [9.17, 15) is 23.1 Å². The number of hydrogen-bond acceptors (Lipinski definition) is 4. The van der Waals surface area contributed by atoms with Gasteiger partial charge in [0.2, 0.25) is 0 Å². The molecule has 0 spiro atoms. The summed E-state index contributed by atoms with van der Waals surface area (Å²) in [6.07, 6.45) is -1.50. The minimum Gasteiger partial charge on any atom is -0.378 e. The number of aliphatic hydroxyl groups is 1. The number of carbonyl (C=O) groups excluding carboxylic acids is 1. The molecule has 3 aromatic rings. The Morgan fingerprint density at radius 3 is 2.52 bits per heavy atom. The van der Waals surface area contributed by atoms with Gasteiger partial charge in [-0.1, -0.05) is 12.1 Å². The molecule has 0 fully saturated rings. The van der Waals surface area contributed by atoms with E-state index >= 15 is 0 Å². The zero-order valence-electron chi connectivity index (χ0n) is 16.1. The first-order chi connectivity index (χ1) is 14.5. The Balaban J connectivity index is 1.75. The molecule has 1 atom stereocenters. The second-order valence-electron chi connectivity index (χ2n) is 7.03. The van der Waals surface area contributed by atoms with E-state index in [0.29, 0.717) is 6.07 Å². The van der Waals surface area contributed by atoms with Gasteiger partial charge in [0.25, 0.3) is 5.91 Å². The number of nitrogens with zero attached hydrogens (tertiary/aromatic N) is 3. The third-order valence-corrected chi connectivity index (χ3v) is 5.19. The van der Waals surface area contributed by atoms with Crippen molar-refractivity contribution in [1.82, 2.24) is 9.78 Å². The standard InChI is InChI=1S/C21H16F3IN4O2/c1-20(31,12-29-11-15(10-27-29)13-2-5-16(25)6-3-13)19(30)28-17-7-4-14(9-26)18(8-17)21(22,23)24/h2-8,10-11,31H,12H2,1H3,(H,28,30). The Morgan fingerprint density at radius 1 is 1.23 bits per heavy atom. The molecule has 0 radical (unpaired) electrons. The van der Waals surface area contributed by atoms with Crippen LogP contribution in [0.5, 0.6) is 0 Å². The highest BCUT2D eigenvalue weighted by Gasteiger charge is 2.35. The monoisotopic (exact) mass is 540 g/mol. The Labute approximate surface area is 189 Å². The van der Waals surface area contributed by atoms with Gasteiger partial charge in [-0.05, 0) is 65.4 Å². The summed E-state index contributed by atoms with van der Waals surface area (Å²) in [5.74, 6) is -0.906. The summed E-state index contributed by atoms with van der Waals surface area (Å²) in [7, 11) is 0. The minimum atomic E-state index is -4.75. The molecule has 0 saturated heterocycles. The van der Waals surface area contributed by atoms with Crippen LogP contribution in [0.4, 0.5) is 18.9 Å². The minimum absolute atomic E-state index is 0.184. The maximum absolute atomic E-state index is 13.1. The molecule has 1 aromatic heterocycles. The Kier molecular flexibility index (Phi) is 6.38. The van der Waals surface area contributed by atoms with Crippen LogP contribution in [-0.4, -0.2) is 26.4 Å². The second kappa shape index (κ2) is 8.68. The molecule has 0 aliphatic heterocycles. The number of hydrogen-bond donors (Lipinski definition) is 2. The highest BCUT2D eigenvalue weighted by Crippen LogP contribution is 2.33. The molecule has 1 unspecified atom stereocenters. The molecule has 2 aromatic carbocycles. The van der Waals surface area contributed by atoms with Gasteiger partial charge >= 0.3 is 6.18 Å². The van der Waals surface area contributed by atoms with Crippen molar-refractivity contribution in [3.05, 3.63) is 69.6 Å². The summed E-state index contributed by atoms with van der Waals surface area (Å²) in [6.45, 7) is 1.02. The molecular formula is C21H16F3IN4O2. The van der Waals surface area contributed by atoms with Crippen LogP contribution in [0.3, 0.4) is 0 Å². The summed E-state index contributed by atoms with van der Waals surface area (Å²) < 4.78 is 41.8. The average Bonchev–Trinajstić information content (AvgIpc) is 3.15. The largest absolute Gasteiger partial charge is 0.417 e. The quantitative estimate of drug-likeness (QED) is 0.469. The van der Waals surface area contributed by atoms with Crippen molar-refractivity contribution in [2.75, 3.05) is 5.32 Å². The number of benzene rings is 2. The summed E-state index contributed by atoms with van der Waals surface area (Å²) in [4.78, 5) is 12.5. The first kappa shape index (κ1) is 22.8. The molecule has 3 rings (SSSR count). The molecular weight excluding hydrogens is 524 g/mol. The topological polar surface area (TPSA) is 90.9 Å². The van der Waals surface area contributed by atoms with Gasteiger partial charge in [0.05, 0.1) is 29.9 Å². The highest BCUT2D eigenvalue weighted by molar-refractivity contribution is 14.1. The number of alkyl halides is 3.